The van der Waals surface area contributed by atoms with Gasteiger partial charge in [-0.1, -0.05) is 36.0 Å². The molecular formula is C25H23N5O3S. The van der Waals surface area contributed by atoms with Crippen LogP contribution < -0.4 is 14.8 Å². The Morgan fingerprint density at radius 2 is 1.97 bits per heavy atom. The second-order valence-corrected chi connectivity index (χ2v) is 9.14. The maximum absolute atomic E-state index is 12.9. The Balaban J connectivity index is 1.35. The topological polar surface area (TPSA) is 91.2 Å². The fourth-order valence-corrected chi connectivity index (χ4v) is 4.54. The molecule has 0 aliphatic carbocycles. The number of ether oxygens (including phenoxy) is 2. The summed E-state index contributed by atoms with van der Waals surface area (Å²) in [6.07, 6.45) is 3.48. The Hall–Kier alpha value is -3.85. The van der Waals surface area contributed by atoms with Crippen molar-refractivity contribution in [1.29, 1.82) is 0 Å². The van der Waals surface area contributed by atoms with Crippen LogP contribution in [0.4, 0.5) is 0 Å². The van der Waals surface area contributed by atoms with Crippen LogP contribution in [0.25, 0.3) is 17.1 Å². The smallest absolute Gasteiger partial charge is 0.233 e. The Kier molecular flexibility index (Phi) is 6.18. The molecule has 0 radical (unpaired) electrons. The monoisotopic (exact) mass is 473 g/mol. The molecule has 172 valence electrons. The predicted molar refractivity (Wildman–Crippen MR) is 129 cm³/mol. The number of nitrogens with zero attached hydrogens (tertiary/aromatic N) is 4. The van der Waals surface area contributed by atoms with E-state index in [4.69, 9.17) is 9.47 Å². The zero-order valence-corrected chi connectivity index (χ0v) is 19.6. The van der Waals surface area contributed by atoms with Gasteiger partial charge in [0.05, 0.1) is 10.9 Å². The predicted octanol–water partition coefficient (Wildman–Crippen LogP) is 4.16. The molecule has 5 rings (SSSR count). The first kappa shape index (κ1) is 22.0. The molecule has 1 atom stereocenters. The lowest BCUT2D eigenvalue weighted by Crippen LogP contribution is -2.30. The Morgan fingerprint density at radius 3 is 2.79 bits per heavy atom. The number of aromatic nitrogens is 4. The molecule has 1 amide bonds. The van der Waals surface area contributed by atoms with Crippen molar-refractivity contribution in [2.24, 2.45) is 0 Å². The highest BCUT2D eigenvalue weighted by atomic mass is 32.2. The molecule has 3 heterocycles. The molecule has 2 aromatic carbocycles. The normalized spacial score (nSPS) is 13.0. The number of thioether (sulfide) groups is 1. The SMILES string of the molecule is Cc1ccccc1-n1c(S[C@@H](C)C(=O)NCc2ccc3c(c2)OCO3)nnc1-c1cccnc1. The highest BCUT2D eigenvalue weighted by Gasteiger charge is 2.23. The van der Waals surface area contributed by atoms with Gasteiger partial charge in [0.2, 0.25) is 12.7 Å². The fourth-order valence-electron chi connectivity index (χ4n) is 3.66. The van der Waals surface area contributed by atoms with Crippen LogP contribution in [0.3, 0.4) is 0 Å². The number of para-hydroxylation sites is 1. The second-order valence-electron chi connectivity index (χ2n) is 7.84. The molecule has 1 aliphatic rings. The summed E-state index contributed by atoms with van der Waals surface area (Å²) in [5.41, 5.74) is 3.83. The number of carbonyl (C=O) groups is 1. The van der Waals surface area contributed by atoms with Crippen molar-refractivity contribution in [3.05, 3.63) is 78.1 Å². The first-order valence-corrected chi connectivity index (χ1v) is 11.7. The lowest BCUT2D eigenvalue weighted by Gasteiger charge is -2.15. The van der Waals surface area contributed by atoms with Crippen molar-refractivity contribution in [2.45, 2.75) is 30.8 Å². The Labute approximate surface area is 201 Å². The van der Waals surface area contributed by atoms with Gasteiger partial charge in [0.15, 0.2) is 22.5 Å². The number of benzene rings is 2. The average Bonchev–Trinajstić information content (AvgIpc) is 3.50. The molecule has 8 nitrogen and oxygen atoms in total. The molecule has 0 fully saturated rings. The summed E-state index contributed by atoms with van der Waals surface area (Å²) in [4.78, 5) is 17.1. The maximum Gasteiger partial charge on any atom is 0.233 e. The number of carbonyl (C=O) groups excluding carboxylic acids is 1. The van der Waals surface area contributed by atoms with E-state index in [1.54, 1.807) is 12.4 Å². The first-order chi connectivity index (χ1) is 16.6. The van der Waals surface area contributed by atoms with Gasteiger partial charge in [0, 0.05) is 24.5 Å². The van der Waals surface area contributed by atoms with E-state index in [0.29, 0.717) is 23.3 Å². The summed E-state index contributed by atoms with van der Waals surface area (Å²) < 4.78 is 12.7. The maximum atomic E-state index is 12.9. The van der Waals surface area contributed by atoms with Gasteiger partial charge in [0.1, 0.15) is 0 Å². The summed E-state index contributed by atoms with van der Waals surface area (Å²) in [6, 6.07) is 17.5. The van der Waals surface area contributed by atoms with Gasteiger partial charge >= 0.3 is 0 Å². The van der Waals surface area contributed by atoms with Crippen molar-refractivity contribution in [1.82, 2.24) is 25.1 Å². The van der Waals surface area contributed by atoms with E-state index in [2.05, 4.69) is 20.5 Å². The van der Waals surface area contributed by atoms with Crippen molar-refractivity contribution >= 4 is 17.7 Å². The molecule has 4 aromatic rings. The fraction of sp³-hybridized carbons (Fsp3) is 0.200. The molecule has 2 aromatic heterocycles. The third kappa shape index (κ3) is 4.47. The second kappa shape index (κ2) is 9.56. The molecule has 0 saturated carbocycles. The third-order valence-corrected chi connectivity index (χ3v) is 6.51. The number of amides is 1. The highest BCUT2D eigenvalue weighted by molar-refractivity contribution is 8.00. The third-order valence-electron chi connectivity index (χ3n) is 5.46. The minimum Gasteiger partial charge on any atom is -0.454 e. The summed E-state index contributed by atoms with van der Waals surface area (Å²) in [5.74, 6) is 2.00. The van der Waals surface area contributed by atoms with Crippen LogP contribution >= 0.6 is 11.8 Å². The minimum atomic E-state index is -0.386. The minimum absolute atomic E-state index is 0.0927. The standard InChI is InChI=1S/C25H23N5O3S/c1-16-6-3-4-8-20(16)30-23(19-7-5-11-26-14-19)28-29-25(30)34-17(2)24(31)27-13-18-9-10-21-22(12-18)33-15-32-21/h3-12,14,17H,13,15H2,1-2H3,(H,27,31)/t17-/m0/s1. The van der Waals surface area contributed by atoms with Crippen molar-refractivity contribution in [2.75, 3.05) is 6.79 Å². The van der Waals surface area contributed by atoms with E-state index in [1.165, 1.54) is 11.8 Å². The largest absolute Gasteiger partial charge is 0.454 e. The van der Waals surface area contributed by atoms with Crippen molar-refractivity contribution < 1.29 is 14.3 Å². The molecule has 0 bridgehead atoms. The quantitative estimate of drug-likeness (QED) is 0.403. The molecular weight excluding hydrogens is 450 g/mol. The van der Waals surface area contributed by atoms with E-state index in [0.717, 1.165) is 28.1 Å². The van der Waals surface area contributed by atoms with Crippen LogP contribution in [0.5, 0.6) is 11.5 Å². The van der Waals surface area contributed by atoms with Gasteiger partial charge in [-0.25, -0.2) is 0 Å². The zero-order chi connectivity index (χ0) is 23.5. The summed E-state index contributed by atoms with van der Waals surface area (Å²) >= 11 is 1.36. The summed E-state index contributed by atoms with van der Waals surface area (Å²) in [5, 5.41) is 12.1. The van der Waals surface area contributed by atoms with Gasteiger partial charge in [-0.05, 0) is 55.3 Å². The van der Waals surface area contributed by atoms with E-state index in [9.17, 15) is 4.79 Å². The number of hydrogen-bond acceptors (Lipinski definition) is 7. The molecule has 34 heavy (non-hydrogen) atoms. The molecule has 0 saturated heterocycles. The van der Waals surface area contributed by atoms with E-state index in [-0.39, 0.29) is 18.0 Å². The van der Waals surface area contributed by atoms with Crippen molar-refractivity contribution in [3.8, 4) is 28.6 Å². The molecule has 0 spiro atoms. The molecule has 1 aliphatic heterocycles. The molecule has 9 heteroatoms. The number of pyridine rings is 1. The van der Waals surface area contributed by atoms with Gasteiger partial charge in [-0.15, -0.1) is 10.2 Å². The Morgan fingerprint density at radius 1 is 1.12 bits per heavy atom. The van der Waals surface area contributed by atoms with Crippen LogP contribution in [0.2, 0.25) is 0 Å². The van der Waals surface area contributed by atoms with Crippen LogP contribution in [-0.4, -0.2) is 37.7 Å². The van der Waals surface area contributed by atoms with E-state index in [1.807, 2.05) is 73.0 Å². The average molecular weight is 474 g/mol. The van der Waals surface area contributed by atoms with Gasteiger partial charge in [-0.2, -0.15) is 0 Å². The molecule has 0 unspecified atom stereocenters. The van der Waals surface area contributed by atoms with E-state index >= 15 is 0 Å². The molecule has 1 N–H and O–H groups in total. The summed E-state index contributed by atoms with van der Waals surface area (Å²) in [7, 11) is 0. The first-order valence-electron chi connectivity index (χ1n) is 10.8. The Bertz CT molecular complexity index is 1330. The number of rotatable bonds is 7. The zero-order valence-electron chi connectivity index (χ0n) is 18.8. The van der Waals surface area contributed by atoms with Crippen LogP contribution in [0.1, 0.15) is 18.1 Å². The van der Waals surface area contributed by atoms with Gasteiger partial charge < -0.3 is 14.8 Å². The lowest BCUT2D eigenvalue weighted by atomic mass is 10.2. The number of hydrogen-bond donors (Lipinski definition) is 1. The lowest BCUT2D eigenvalue weighted by molar-refractivity contribution is -0.120. The van der Waals surface area contributed by atoms with E-state index < -0.39 is 0 Å². The van der Waals surface area contributed by atoms with Crippen LogP contribution in [-0.2, 0) is 11.3 Å². The van der Waals surface area contributed by atoms with Crippen LogP contribution in [0, 0.1) is 6.92 Å². The van der Waals surface area contributed by atoms with Crippen LogP contribution in [0.15, 0.2) is 72.1 Å². The number of nitrogens with one attached hydrogen (secondary N) is 1. The highest BCUT2D eigenvalue weighted by Crippen LogP contribution is 2.33. The number of fused-ring (bicyclic) bond motifs is 1. The van der Waals surface area contributed by atoms with Gasteiger partial charge in [0.25, 0.3) is 0 Å². The van der Waals surface area contributed by atoms with Crippen molar-refractivity contribution in [3.63, 3.8) is 0 Å². The summed E-state index contributed by atoms with van der Waals surface area (Å²) in [6.45, 7) is 4.52. The van der Waals surface area contributed by atoms with Gasteiger partial charge in [-0.3, -0.25) is 14.3 Å². The number of aryl methyl sites for hydroxylation is 1.